The van der Waals surface area contributed by atoms with E-state index < -0.39 is 18.2 Å². The molecule has 0 aliphatic carbocycles. The van der Waals surface area contributed by atoms with Crippen molar-refractivity contribution >= 4 is 17.3 Å². The number of rotatable bonds is 9. The maximum Gasteiger partial charge on any atom is 0.418 e. The van der Waals surface area contributed by atoms with Crippen LogP contribution in [0.15, 0.2) is 30.6 Å². The Morgan fingerprint density at radius 3 is 2.41 bits per heavy atom. The summed E-state index contributed by atoms with van der Waals surface area (Å²) in [7, 11) is 0. The first-order valence-electron chi connectivity index (χ1n) is 9.25. The number of aliphatic carboxylic acids is 1. The maximum atomic E-state index is 13.6. The molecular formula is C20H24F3N3O3. The number of hydrogen-bond donors (Lipinski definition) is 2. The molecule has 0 saturated carbocycles. The average Bonchev–Trinajstić information content (AvgIpc) is 2.65. The molecule has 0 radical (unpaired) electrons. The summed E-state index contributed by atoms with van der Waals surface area (Å²) in [5.41, 5.74) is 1.13. The number of aryl methyl sites for hydroxylation is 1. The fourth-order valence-electron chi connectivity index (χ4n) is 3.01. The van der Waals surface area contributed by atoms with Crippen LogP contribution in [0.5, 0.6) is 0 Å². The number of carboxylic acid groups (broad SMARTS) is 1. The van der Waals surface area contributed by atoms with Gasteiger partial charge in [0.25, 0.3) is 0 Å². The molecule has 2 rings (SSSR count). The number of anilines is 2. The Morgan fingerprint density at radius 1 is 1.24 bits per heavy atom. The monoisotopic (exact) mass is 411 g/mol. The number of carbonyl (C=O) groups is 1. The zero-order valence-electron chi connectivity index (χ0n) is 16.5. The van der Waals surface area contributed by atoms with Crippen LogP contribution < -0.4 is 5.32 Å². The molecule has 1 heterocycles. The molecule has 1 aromatic carbocycles. The lowest BCUT2D eigenvalue weighted by atomic mass is 9.91. The van der Waals surface area contributed by atoms with E-state index in [0.717, 1.165) is 0 Å². The van der Waals surface area contributed by atoms with E-state index in [-0.39, 0.29) is 30.2 Å². The number of aromatic nitrogens is 2. The minimum Gasteiger partial charge on any atom is -0.481 e. The van der Waals surface area contributed by atoms with Gasteiger partial charge in [-0.2, -0.15) is 13.2 Å². The predicted molar refractivity (Wildman–Crippen MR) is 102 cm³/mol. The topological polar surface area (TPSA) is 84.3 Å². The molecule has 1 unspecified atom stereocenters. The summed E-state index contributed by atoms with van der Waals surface area (Å²) < 4.78 is 45.8. The molecule has 0 saturated heterocycles. The van der Waals surface area contributed by atoms with Crippen molar-refractivity contribution < 1.29 is 27.8 Å². The Kier molecular flexibility index (Phi) is 7.55. The lowest BCUT2D eigenvalue weighted by molar-refractivity contribution is -0.222. The molecule has 6 nitrogen and oxygen atoms in total. The number of carboxylic acids is 1. The summed E-state index contributed by atoms with van der Waals surface area (Å²) in [6, 6.07) is 4.41. The molecule has 0 spiro atoms. The number of halogens is 3. The van der Waals surface area contributed by atoms with E-state index in [1.54, 1.807) is 13.0 Å². The van der Waals surface area contributed by atoms with E-state index in [0.29, 0.717) is 23.5 Å². The molecule has 1 aromatic heterocycles. The number of nitrogens with one attached hydrogen (secondary N) is 1. The van der Waals surface area contributed by atoms with Crippen LogP contribution in [0, 0.1) is 6.92 Å². The molecule has 0 aliphatic rings. The zero-order chi connectivity index (χ0) is 21.6. The van der Waals surface area contributed by atoms with Gasteiger partial charge in [-0.3, -0.25) is 4.79 Å². The molecular weight excluding hydrogens is 387 g/mol. The summed E-state index contributed by atoms with van der Waals surface area (Å²) in [5.74, 6) is -0.767. The van der Waals surface area contributed by atoms with Crippen molar-refractivity contribution in [3.63, 3.8) is 0 Å². The van der Waals surface area contributed by atoms with Gasteiger partial charge >= 0.3 is 12.1 Å². The summed E-state index contributed by atoms with van der Waals surface area (Å²) in [4.78, 5) is 19.2. The first-order valence-corrected chi connectivity index (χ1v) is 9.25. The van der Waals surface area contributed by atoms with Crippen LogP contribution in [0.4, 0.5) is 24.5 Å². The van der Waals surface area contributed by atoms with Gasteiger partial charge in [0.1, 0.15) is 5.82 Å². The Balaban J connectivity index is 2.53. The van der Waals surface area contributed by atoms with Gasteiger partial charge in [-0.05, 0) is 37.8 Å². The molecule has 158 valence electrons. The fourth-order valence-corrected chi connectivity index (χ4v) is 3.01. The van der Waals surface area contributed by atoms with E-state index in [4.69, 9.17) is 9.84 Å². The Morgan fingerprint density at radius 2 is 1.90 bits per heavy atom. The second-order valence-electron chi connectivity index (χ2n) is 6.57. The van der Waals surface area contributed by atoms with Crippen molar-refractivity contribution in [2.24, 2.45) is 0 Å². The predicted octanol–water partition coefficient (Wildman–Crippen LogP) is 5.14. The average molecular weight is 411 g/mol. The third-order valence-corrected chi connectivity index (χ3v) is 4.44. The minimum absolute atomic E-state index is 0.0890. The highest BCUT2D eigenvalue weighted by Crippen LogP contribution is 2.41. The second kappa shape index (κ2) is 9.69. The minimum atomic E-state index is -4.61. The highest BCUT2D eigenvalue weighted by Gasteiger charge is 2.43. The van der Waals surface area contributed by atoms with Crippen LogP contribution >= 0.6 is 0 Å². The number of hydrogen-bond acceptors (Lipinski definition) is 5. The van der Waals surface area contributed by atoms with Crippen molar-refractivity contribution in [1.29, 1.82) is 0 Å². The summed E-state index contributed by atoms with van der Waals surface area (Å²) in [6.07, 6.45) is -3.37. The van der Waals surface area contributed by atoms with E-state index in [9.17, 15) is 18.0 Å². The van der Waals surface area contributed by atoms with Gasteiger partial charge in [0.05, 0.1) is 24.5 Å². The number of nitrogens with zero attached hydrogens (tertiary/aromatic N) is 2. The molecule has 29 heavy (non-hydrogen) atoms. The van der Waals surface area contributed by atoms with E-state index >= 15 is 0 Å². The Labute approximate surface area is 167 Å². The SMILES string of the molecule is CCO[C@@H](c1ccc(C(CC)CC(=O)O)cc1Nc1cnc(C)nc1)C(F)(F)F. The van der Waals surface area contributed by atoms with Crippen molar-refractivity contribution in [2.75, 3.05) is 11.9 Å². The highest BCUT2D eigenvalue weighted by atomic mass is 19.4. The largest absolute Gasteiger partial charge is 0.481 e. The second-order valence-corrected chi connectivity index (χ2v) is 6.57. The lowest BCUT2D eigenvalue weighted by Crippen LogP contribution is -2.24. The molecule has 0 bridgehead atoms. The smallest absolute Gasteiger partial charge is 0.418 e. The molecule has 0 fully saturated rings. The van der Waals surface area contributed by atoms with E-state index in [1.807, 2.05) is 6.92 Å². The normalized spacial score (nSPS) is 13.7. The molecule has 2 aromatic rings. The van der Waals surface area contributed by atoms with Gasteiger partial charge in [-0.25, -0.2) is 9.97 Å². The van der Waals surface area contributed by atoms with Gasteiger partial charge in [0, 0.05) is 17.9 Å². The standard InChI is InChI=1S/C20H24F3N3O3/c1-4-13(9-18(27)28)14-6-7-16(19(29-5-2)20(21,22)23)17(8-14)26-15-10-24-12(3)25-11-15/h6-8,10-11,13,19,26H,4-5,9H2,1-3H3,(H,27,28)/t13?,19-/m0/s1. The lowest BCUT2D eigenvalue weighted by Gasteiger charge is -2.25. The molecule has 2 atom stereocenters. The number of ether oxygens (including phenoxy) is 1. The van der Waals surface area contributed by atoms with Gasteiger partial charge in [0.15, 0.2) is 6.10 Å². The van der Waals surface area contributed by atoms with Gasteiger partial charge in [-0.1, -0.05) is 19.1 Å². The van der Waals surface area contributed by atoms with Crippen LogP contribution in [0.2, 0.25) is 0 Å². The van der Waals surface area contributed by atoms with Gasteiger partial charge < -0.3 is 15.2 Å². The summed E-state index contributed by atoms with van der Waals surface area (Å²) >= 11 is 0. The van der Waals surface area contributed by atoms with Crippen LogP contribution in [-0.4, -0.2) is 33.8 Å². The highest BCUT2D eigenvalue weighted by molar-refractivity contribution is 5.69. The fraction of sp³-hybridized carbons (Fsp3) is 0.450. The Bertz CT molecular complexity index is 826. The van der Waals surface area contributed by atoms with Crippen molar-refractivity contribution in [3.8, 4) is 0 Å². The first kappa shape index (κ1) is 22.6. The maximum absolute atomic E-state index is 13.6. The number of alkyl halides is 3. The first-order chi connectivity index (χ1) is 13.7. The third-order valence-electron chi connectivity index (χ3n) is 4.44. The van der Waals surface area contributed by atoms with Crippen LogP contribution in [0.25, 0.3) is 0 Å². The Hall–Kier alpha value is -2.68. The zero-order valence-corrected chi connectivity index (χ0v) is 16.5. The number of benzene rings is 1. The van der Waals surface area contributed by atoms with E-state index in [1.165, 1.54) is 31.5 Å². The van der Waals surface area contributed by atoms with Crippen molar-refractivity contribution in [2.45, 2.75) is 51.8 Å². The quantitative estimate of drug-likeness (QED) is 0.595. The summed E-state index contributed by atoms with van der Waals surface area (Å²) in [5, 5.41) is 12.1. The molecule has 2 N–H and O–H groups in total. The van der Waals surface area contributed by atoms with Crippen molar-refractivity contribution in [3.05, 3.63) is 47.5 Å². The molecule has 0 aliphatic heterocycles. The molecule has 0 amide bonds. The summed E-state index contributed by atoms with van der Waals surface area (Å²) in [6.45, 7) is 4.91. The van der Waals surface area contributed by atoms with Crippen molar-refractivity contribution in [1.82, 2.24) is 9.97 Å². The van der Waals surface area contributed by atoms with Crippen LogP contribution in [0.3, 0.4) is 0 Å². The van der Waals surface area contributed by atoms with Gasteiger partial charge in [0.2, 0.25) is 0 Å². The molecule has 9 heteroatoms. The third kappa shape index (κ3) is 6.15. The van der Waals surface area contributed by atoms with Crippen LogP contribution in [-0.2, 0) is 9.53 Å². The van der Waals surface area contributed by atoms with E-state index in [2.05, 4.69) is 15.3 Å². The van der Waals surface area contributed by atoms with Gasteiger partial charge in [-0.15, -0.1) is 0 Å². The van der Waals surface area contributed by atoms with Crippen LogP contribution in [0.1, 0.15) is 55.7 Å².